The molecule has 4 aliphatic rings. The maximum Gasteiger partial charge on any atom is 0.501 e. The van der Waals surface area contributed by atoms with Crippen molar-refractivity contribution in [1.29, 1.82) is 0 Å². The number of nitrogens with zero attached hydrogens (tertiary/aromatic N) is 1. The van der Waals surface area contributed by atoms with Crippen LogP contribution in [-0.4, -0.2) is 66.3 Å². The second kappa shape index (κ2) is 9.75. The van der Waals surface area contributed by atoms with E-state index in [0.717, 1.165) is 37.7 Å². The minimum Gasteiger partial charge on any atom is -0.372 e. The summed E-state index contributed by atoms with van der Waals surface area (Å²) in [6, 6.07) is 11.1. The van der Waals surface area contributed by atoms with Gasteiger partial charge in [0.25, 0.3) is 6.64 Å². The van der Waals surface area contributed by atoms with Crippen molar-refractivity contribution < 1.29 is 22.3 Å². The fourth-order valence-corrected chi connectivity index (χ4v) is 9.09. The van der Waals surface area contributed by atoms with Gasteiger partial charge in [-0.2, -0.15) is 0 Å². The van der Waals surface area contributed by atoms with Crippen LogP contribution >= 0.6 is 6.64 Å². The topological polar surface area (TPSA) is 61.4 Å². The molecule has 7 nitrogen and oxygen atoms in total. The zero-order valence-electron chi connectivity index (χ0n) is 17.9. The number of hydrogen-bond donors (Lipinski definition) is 1. The Kier molecular flexibility index (Phi) is 7.47. The number of fused-ring (bicyclic) bond motifs is 6. The second-order valence-corrected chi connectivity index (χ2v) is 14.7. The molecule has 4 aliphatic heterocycles. The molecule has 2 unspecified atom stereocenters. The smallest absolute Gasteiger partial charge is 0.372 e. The van der Waals surface area contributed by atoms with Crippen molar-refractivity contribution in [3.8, 4) is 0 Å². The minimum atomic E-state index is -2.60. The molecule has 10 heteroatoms. The molecule has 1 aromatic rings. The first kappa shape index (κ1) is 23.0. The van der Waals surface area contributed by atoms with Crippen molar-refractivity contribution in [3.05, 3.63) is 35.9 Å². The number of benzene rings is 1. The maximum atomic E-state index is 6.39. The molecule has 0 amide bonds. The van der Waals surface area contributed by atoms with E-state index in [9.17, 15) is 0 Å². The van der Waals surface area contributed by atoms with Crippen molar-refractivity contribution in [2.75, 3.05) is 52.6 Å². The number of nitrogens with one attached hydrogen (secondary N) is 1. The molecule has 0 spiro atoms. The van der Waals surface area contributed by atoms with Crippen LogP contribution in [0, 0.1) is 5.41 Å². The average Bonchev–Trinajstić information content (AvgIpc) is 2.68. The molecular formula is C20H33N2O5PSSi. The first-order valence-electron chi connectivity index (χ1n) is 10.8. The summed E-state index contributed by atoms with van der Waals surface area (Å²) in [4.78, 5) is 2.33. The second-order valence-electron chi connectivity index (χ2n) is 8.74. The van der Waals surface area contributed by atoms with Gasteiger partial charge in [0.05, 0.1) is 32.5 Å². The van der Waals surface area contributed by atoms with Gasteiger partial charge in [0.1, 0.15) is 0 Å². The molecule has 168 valence electrons. The van der Waals surface area contributed by atoms with Crippen LogP contribution in [0.1, 0.15) is 31.9 Å². The third kappa shape index (κ3) is 5.59. The van der Waals surface area contributed by atoms with Crippen LogP contribution in [0.4, 0.5) is 0 Å². The fraction of sp³-hybridized carbons (Fsp3) is 0.700. The van der Waals surface area contributed by atoms with Gasteiger partial charge in [0, 0.05) is 37.6 Å². The molecule has 4 fully saturated rings. The molecule has 30 heavy (non-hydrogen) atoms. The quantitative estimate of drug-likeness (QED) is 0.384. The molecule has 4 saturated heterocycles. The first-order valence-corrected chi connectivity index (χ1v) is 15.3. The van der Waals surface area contributed by atoms with E-state index in [1.54, 1.807) is 0 Å². The molecule has 4 heterocycles. The molecule has 0 aliphatic carbocycles. The summed E-state index contributed by atoms with van der Waals surface area (Å²) in [6.07, 6.45) is 0.758. The van der Waals surface area contributed by atoms with Crippen LogP contribution in [0.15, 0.2) is 30.3 Å². The van der Waals surface area contributed by atoms with E-state index in [1.807, 2.05) is 18.2 Å². The molecular weight excluding hydrogens is 439 g/mol. The Hall–Kier alpha value is -0.193. The van der Waals surface area contributed by atoms with E-state index >= 15 is 0 Å². The van der Waals surface area contributed by atoms with Crippen LogP contribution in [-0.2, 0) is 34.1 Å². The monoisotopic (exact) mass is 472 g/mol. The van der Waals surface area contributed by atoms with E-state index in [2.05, 4.69) is 36.0 Å². The average molecular weight is 473 g/mol. The highest BCUT2D eigenvalue weighted by molar-refractivity contribution is 8.09. The molecule has 0 saturated carbocycles. The lowest BCUT2D eigenvalue weighted by Gasteiger charge is -2.43. The normalized spacial score (nSPS) is 36.6. The van der Waals surface area contributed by atoms with Crippen molar-refractivity contribution in [1.82, 2.24) is 9.99 Å². The molecule has 1 aromatic carbocycles. The number of hydrogen-bond acceptors (Lipinski definition) is 7. The Morgan fingerprint density at radius 3 is 2.37 bits per heavy atom. The SMILES string of the molecule is CC1(C)COP(=S)(NCCC[Si]23OCCN(CCO2)CCO3)OC1c1ccccc1. The Morgan fingerprint density at radius 1 is 1.10 bits per heavy atom. The minimum absolute atomic E-state index is 0.0899. The van der Waals surface area contributed by atoms with Crippen LogP contribution < -0.4 is 5.09 Å². The van der Waals surface area contributed by atoms with Gasteiger partial charge < -0.3 is 22.3 Å². The van der Waals surface area contributed by atoms with E-state index in [4.69, 9.17) is 34.1 Å². The van der Waals surface area contributed by atoms with Crippen molar-refractivity contribution >= 4 is 27.3 Å². The highest BCUT2D eigenvalue weighted by Crippen LogP contribution is 2.58. The Bertz CT molecular complexity index is 729. The molecule has 5 rings (SSSR count). The Balaban J connectivity index is 1.32. The van der Waals surface area contributed by atoms with Gasteiger partial charge in [0.2, 0.25) is 0 Å². The summed E-state index contributed by atoms with van der Waals surface area (Å²) in [7, 11) is -2.60. The van der Waals surface area contributed by atoms with E-state index in [1.165, 1.54) is 0 Å². The molecule has 0 radical (unpaired) electrons. The van der Waals surface area contributed by atoms with Gasteiger partial charge in [-0.3, -0.25) is 4.90 Å². The van der Waals surface area contributed by atoms with Crippen molar-refractivity contribution in [3.63, 3.8) is 0 Å². The Labute approximate surface area is 186 Å². The van der Waals surface area contributed by atoms with Crippen LogP contribution in [0.2, 0.25) is 6.04 Å². The molecule has 2 bridgehead atoms. The van der Waals surface area contributed by atoms with Crippen LogP contribution in [0.3, 0.4) is 0 Å². The highest BCUT2D eigenvalue weighted by Gasteiger charge is 2.44. The van der Waals surface area contributed by atoms with E-state index in [0.29, 0.717) is 33.0 Å². The van der Waals surface area contributed by atoms with Gasteiger partial charge in [-0.05, 0) is 23.8 Å². The van der Waals surface area contributed by atoms with Gasteiger partial charge in [-0.25, -0.2) is 5.09 Å². The maximum absolute atomic E-state index is 6.39. The van der Waals surface area contributed by atoms with Crippen LogP contribution in [0.25, 0.3) is 0 Å². The molecule has 1 N–H and O–H groups in total. The van der Waals surface area contributed by atoms with E-state index in [-0.39, 0.29) is 11.5 Å². The van der Waals surface area contributed by atoms with Gasteiger partial charge >= 0.3 is 8.80 Å². The van der Waals surface area contributed by atoms with Crippen molar-refractivity contribution in [2.45, 2.75) is 32.4 Å². The number of rotatable bonds is 6. The standard InChI is InChI=1S/C20H33N2O5PSSi/c1-20(2)17-23-28(29,27-19(20)18-7-4-3-5-8-18)21-9-6-16-30-24-13-10-22(11-14-25-30)12-15-26-30/h3-5,7-8,19H,6,9-17H2,1-2H3,(H,21,29). The summed E-state index contributed by atoms with van der Waals surface area (Å²) >= 11 is 5.80. The van der Waals surface area contributed by atoms with Crippen LogP contribution in [0.5, 0.6) is 0 Å². The molecule has 0 aromatic heterocycles. The van der Waals surface area contributed by atoms with Gasteiger partial charge in [-0.1, -0.05) is 44.2 Å². The van der Waals surface area contributed by atoms with E-state index < -0.39 is 15.4 Å². The summed E-state index contributed by atoms with van der Waals surface area (Å²) in [6.45, 7) is 7.92. The zero-order valence-corrected chi connectivity index (χ0v) is 20.6. The predicted octanol–water partition coefficient (Wildman–Crippen LogP) is 3.32. The summed E-state index contributed by atoms with van der Waals surface area (Å²) in [5.41, 5.74) is 1.000. The summed E-state index contributed by atoms with van der Waals surface area (Å²) < 4.78 is 30.8. The molecule has 2 atom stereocenters. The predicted molar refractivity (Wildman–Crippen MR) is 122 cm³/mol. The lowest BCUT2D eigenvalue weighted by atomic mass is 9.83. The van der Waals surface area contributed by atoms with Gasteiger partial charge in [-0.15, -0.1) is 0 Å². The lowest BCUT2D eigenvalue weighted by Crippen LogP contribution is -2.55. The highest BCUT2D eigenvalue weighted by atomic mass is 32.5. The third-order valence-corrected chi connectivity index (χ3v) is 11.2. The Morgan fingerprint density at radius 2 is 1.73 bits per heavy atom. The summed E-state index contributed by atoms with van der Waals surface area (Å²) in [5, 5.41) is 3.40. The van der Waals surface area contributed by atoms with Crippen molar-refractivity contribution in [2.24, 2.45) is 5.41 Å². The lowest BCUT2D eigenvalue weighted by molar-refractivity contribution is -0.0154. The third-order valence-electron chi connectivity index (χ3n) is 5.82. The zero-order chi connectivity index (χ0) is 21.1. The summed E-state index contributed by atoms with van der Waals surface area (Å²) in [5.74, 6) is 0. The largest absolute Gasteiger partial charge is 0.501 e. The van der Waals surface area contributed by atoms with Gasteiger partial charge in [0.15, 0.2) is 0 Å². The fourth-order valence-electron chi connectivity index (χ4n) is 4.05. The first-order chi connectivity index (χ1) is 14.4.